The van der Waals surface area contributed by atoms with Gasteiger partial charge in [0.15, 0.2) is 0 Å². The number of benzene rings is 1. The second-order valence-corrected chi connectivity index (χ2v) is 5.70. The van der Waals surface area contributed by atoms with Crippen LogP contribution in [0.4, 0.5) is 8.78 Å². The Balaban J connectivity index is 2.26. The molecule has 1 aromatic rings. The van der Waals surface area contributed by atoms with E-state index in [0.717, 1.165) is 6.07 Å². The molecule has 0 saturated carbocycles. The Morgan fingerprint density at radius 3 is 2.50 bits per heavy atom. The summed E-state index contributed by atoms with van der Waals surface area (Å²) in [6.07, 6.45) is -0.143. The van der Waals surface area contributed by atoms with Crippen LogP contribution in [-0.2, 0) is 13.6 Å². The topological polar surface area (TPSA) is 35.5 Å². The third-order valence-corrected chi connectivity index (χ3v) is 3.57. The first-order chi connectivity index (χ1) is 7.46. The Kier molecular flexibility index (Phi) is 3.10. The van der Waals surface area contributed by atoms with E-state index in [1.165, 1.54) is 18.8 Å². The molecule has 0 aromatic heterocycles. The Labute approximate surface area is 91.9 Å². The van der Waals surface area contributed by atoms with Gasteiger partial charge in [0.05, 0.1) is 12.7 Å². The molecule has 2 rings (SSSR count). The van der Waals surface area contributed by atoms with E-state index >= 15 is 0 Å². The van der Waals surface area contributed by atoms with Gasteiger partial charge in [0, 0.05) is 19.2 Å². The van der Waals surface area contributed by atoms with Gasteiger partial charge in [-0.15, -0.1) is 0 Å². The van der Waals surface area contributed by atoms with Gasteiger partial charge < -0.3 is 9.05 Å². The fraction of sp³-hybridized carbons (Fsp3) is 0.400. The standard InChI is InChI=1S/C10H11F2O3P/c1-16(13)14-3-2-10(15-16)7-4-8(11)6-9(12)5-7/h4-6,10H,2-3H2,1H3. The molecule has 0 amide bonds. The summed E-state index contributed by atoms with van der Waals surface area (Å²) in [5.41, 5.74) is 0.350. The third-order valence-electron chi connectivity index (χ3n) is 2.28. The molecular formula is C10H11F2O3P. The summed E-state index contributed by atoms with van der Waals surface area (Å²) in [4.78, 5) is 0. The fourth-order valence-corrected chi connectivity index (χ4v) is 2.82. The Morgan fingerprint density at radius 2 is 1.94 bits per heavy atom. The second-order valence-electron chi connectivity index (χ2n) is 3.69. The van der Waals surface area contributed by atoms with Crippen molar-refractivity contribution in [2.24, 2.45) is 0 Å². The monoisotopic (exact) mass is 248 g/mol. The van der Waals surface area contributed by atoms with Crippen molar-refractivity contribution >= 4 is 7.60 Å². The molecule has 1 aliphatic rings. The number of halogens is 2. The average Bonchev–Trinajstić information content (AvgIpc) is 2.14. The molecule has 0 bridgehead atoms. The highest BCUT2D eigenvalue weighted by molar-refractivity contribution is 7.53. The number of rotatable bonds is 1. The minimum absolute atomic E-state index is 0.260. The smallest absolute Gasteiger partial charge is 0.309 e. The first-order valence-corrected chi connectivity index (χ1v) is 6.82. The van der Waals surface area contributed by atoms with Gasteiger partial charge in [-0.05, 0) is 17.7 Å². The molecule has 0 radical (unpaired) electrons. The van der Waals surface area contributed by atoms with Crippen molar-refractivity contribution in [3.63, 3.8) is 0 Å². The maximum atomic E-state index is 13.0. The van der Waals surface area contributed by atoms with Crippen molar-refractivity contribution in [3.8, 4) is 0 Å². The third kappa shape index (κ3) is 2.67. The molecule has 88 valence electrons. The van der Waals surface area contributed by atoms with Gasteiger partial charge >= 0.3 is 7.60 Å². The summed E-state index contributed by atoms with van der Waals surface area (Å²) in [6, 6.07) is 3.15. The van der Waals surface area contributed by atoms with Crippen molar-refractivity contribution in [2.75, 3.05) is 13.3 Å². The highest BCUT2D eigenvalue weighted by Gasteiger charge is 2.30. The second kappa shape index (κ2) is 4.24. The van der Waals surface area contributed by atoms with Crippen LogP contribution in [0.5, 0.6) is 0 Å². The van der Waals surface area contributed by atoms with Gasteiger partial charge in [0.2, 0.25) is 0 Å². The molecule has 2 atom stereocenters. The lowest BCUT2D eigenvalue weighted by molar-refractivity contribution is 0.0840. The molecular weight excluding hydrogens is 237 g/mol. The van der Waals surface area contributed by atoms with Crippen molar-refractivity contribution in [1.29, 1.82) is 0 Å². The molecule has 6 heteroatoms. The minimum atomic E-state index is -3.08. The molecule has 2 unspecified atom stereocenters. The highest BCUT2D eigenvalue weighted by Crippen LogP contribution is 2.52. The minimum Gasteiger partial charge on any atom is -0.309 e. The Bertz CT molecular complexity index is 429. The van der Waals surface area contributed by atoms with E-state index in [4.69, 9.17) is 9.05 Å². The van der Waals surface area contributed by atoms with E-state index in [2.05, 4.69) is 0 Å². The molecule has 16 heavy (non-hydrogen) atoms. The average molecular weight is 248 g/mol. The van der Waals surface area contributed by atoms with Gasteiger partial charge in [-0.3, -0.25) is 4.57 Å². The summed E-state index contributed by atoms with van der Waals surface area (Å²) in [5.74, 6) is -1.34. The zero-order chi connectivity index (χ0) is 11.8. The Morgan fingerprint density at radius 1 is 1.31 bits per heavy atom. The van der Waals surface area contributed by atoms with Crippen LogP contribution in [0.1, 0.15) is 18.1 Å². The van der Waals surface area contributed by atoms with Gasteiger partial charge in [0.25, 0.3) is 0 Å². The molecule has 1 saturated heterocycles. The molecule has 3 nitrogen and oxygen atoms in total. The van der Waals surface area contributed by atoms with Crippen LogP contribution in [0.2, 0.25) is 0 Å². The van der Waals surface area contributed by atoms with Crippen LogP contribution in [0.3, 0.4) is 0 Å². The van der Waals surface area contributed by atoms with Crippen LogP contribution in [-0.4, -0.2) is 13.3 Å². The lowest BCUT2D eigenvalue weighted by atomic mass is 10.1. The summed E-state index contributed by atoms with van der Waals surface area (Å²) in [6.45, 7) is 1.60. The molecule has 1 fully saturated rings. The van der Waals surface area contributed by atoms with Crippen molar-refractivity contribution < 1.29 is 22.4 Å². The number of hydrogen-bond acceptors (Lipinski definition) is 3. The van der Waals surface area contributed by atoms with E-state index in [1.54, 1.807) is 0 Å². The van der Waals surface area contributed by atoms with Gasteiger partial charge in [0.1, 0.15) is 11.6 Å². The van der Waals surface area contributed by atoms with E-state index in [0.29, 0.717) is 12.0 Å². The zero-order valence-corrected chi connectivity index (χ0v) is 9.55. The summed E-state index contributed by atoms with van der Waals surface area (Å²) < 4.78 is 47.6. The SMILES string of the molecule is CP1(=O)OCCC(c2cc(F)cc(F)c2)O1. The van der Waals surface area contributed by atoms with Crippen LogP contribution < -0.4 is 0 Å². The largest absolute Gasteiger partial charge is 0.328 e. The number of hydrogen-bond donors (Lipinski definition) is 0. The quantitative estimate of drug-likeness (QED) is 0.715. The fourth-order valence-electron chi connectivity index (χ4n) is 1.63. The van der Waals surface area contributed by atoms with E-state index in [1.807, 2.05) is 0 Å². The Hall–Kier alpha value is -0.770. The van der Waals surface area contributed by atoms with Crippen molar-refractivity contribution in [1.82, 2.24) is 0 Å². The van der Waals surface area contributed by atoms with Gasteiger partial charge in [-0.2, -0.15) is 0 Å². The van der Waals surface area contributed by atoms with Gasteiger partial charge in [-0.25, -0.2) is 8.78 Å². The first-order valence-electron chi connectivity index (χ1n) is 4.83. The maximum Gasteiger partial charge on any atom is 0.328 e. The van der Waals surface area contributed by atoms with Crippen LogP contribution in [0.25, 0.3) is 0 Å². The molecule has 1 aliphatic heterocycles. The lowest BCUT2D eigenvalue weighted by Crippen LogP contribution is -2.13. The highest BCUT2D eigenvalue weighted by atomic mass is 31.2. The predicted molar refractivity (Wildman–Crippen MR) is 54.3 cm³/mol. The molecule has 0 aliphatic carbocycles. The van der Waals surface area contributed by atoms with E-state index < -0.39 is 25.3 Å². The van der Waals surface area contributed by atoms with E-state index in [-0.39, 0.29) is 6.61 Å². The molecule has 1 heterocycles. The van der Waals surface area contributed by atoms with Crippen LogP contribution in [0, 0.1) is 11.6 Å². The summed E-state index contributed by atoms with van der Waals surface area (Å²) >= 11 is 0. The molecule has 0 spiro atoms. The van der Waals surface area contributed by atoms with Crippen molar-refractivity contribution in [3.05, 3.63) is 35.4 Å². The summed E-state index contributed by atoms with van der Waals surface area (Å²) in [7, 11) is -3.08. The van der Waals surface area contributed by atoms with Crippen LogP contribution >= 0.6 is 7.60 Å². The van der Waals surface area contributed by atoms with Crippen molar-refractivity contribution in [2.45, 2.75) is 12.5 Å². The predicted octanol–water partition coefficient (Wildman–Crippen LogP) is 3.27. The normalized spacial score (nSPS) is 30.3. The maximum absolute atomic E-state index is 13.0. The summed E-state index contributed by atoms with van der Waals surface area (Å²) in [5, 5.41) is 0. The van der Waals surface area contributed by atoms with Gasteiger partial charge in [-0.1, -0.05) is 0 Å². The molecule has 0 N–H and O–H groups in total. The zero-order valence-electron chi connectivity index (χ0n) is 8.65. The molecule has 1 aromatic carbocycles. The lowest BCUT2D eigenvalue weighted by Gasteiger charge is -2.27. The van der Waals surface area contributed by atoms with Crippen LogP contribution in [0.15, 0.2) is 18.2 Å². The first kappa shape index (κ1) is 11.7. The van der Waals surface area contributed by atoms with E-state index in [9.17, 15) is 13.3 Å².